The summed E-state index contributed by atoms with van der Waals surface area (Å²) < 4.78 is 2.09. The predicted molar refractivity (Wildman–Crippen MR) is 133 cm³/mol. The van der Waals surface area contributed by atoms with Crippen LogP contribution in [0.2, 0.25) is 0 Å². The number of aromatic nitrogens is 2. The van der Waals surface area contributed by atoms with Crippen molar-refractivity contribution in [2.24, 2.45) is 10.9 Å². The van der Waals surface area contributed by atoms with E-state index >= 15 is 0 Å². The predicted octanol–water partition coefficient (Wildman–Crippen LogP) is 3.51. The minimum absolute atomic E-state index is 0. The maximum atomic E-state index is 4.56. The zero-order chi connectivity index (χ0) is 20.1. The van der Waals surface area contributed by atoms with E-state index in [0.717, 1.165) is 44.3 Å². The van der Waals surface area contributed by atoms with E-state index in [1.807, 2.05) is 14.0 Å². The molecule has 0 saturated carbocycles. The molecule has 0 spiro atoms. The highest BCUT2D eigenvalue weighted by molar-refractivity contribution is 14.0. The second-order valence-electron chi connectivity index (χ2n) is 8.08. The van der Waals surface area contributed by atoms with E-state index in [4.69, 9.17) is 0 Å². The van der Waals surface area contributed by atoms with E-state index in [1.54, 1.807) is 0 Å². The van der Waals surface area contributed by atoms with Crippen LogP contribution in [0.4, 0.5) is 5.69 Å². The summed E-state index contributed by atoms with van der Waals surface area (Å²) in [6.45, 7) is 12.4. The Morgan fingerprint density at radius 3 is 2.59 bits per heavy atom. The molecule has 0 bridgehead atoms. The highest BCUT2D eigenvalue weighted by Gasteiger charge is 2.23. The van der Waals surface area contributed by atoms with Crippen molar-refractivity contribution in [3.63, 3.8) is 0 Å². The van der Waals surface area contributed by atoms with Crippen LogP contribution in [0.15, 0.2) is 35.3 Å². The number of aryl methyl sites for hydroxylation is 3. The topological polar surface area (TPSA) is 57.5 Å². The summed E-state index contributed by atoms with van der Waals surface area (Å²) in [6.07, 6.45) is 1.12. The van der Waals surface area contributed by atoms with E-state index in [1.165, 1.54) is 16.9 Å². The van der Waals surface area contributed by atoms with Crippen LogP contribution in [0.3, 0.4) is 0 Å². The van der Waals surface area contributed by atoms with Crippen molar-refractivity contribution in [2.75, 3.05) is 31.6 Å². The van der Waals surface area contributed by atoms with Crippen LogP contribution >= 0.6 is 24.0 Å². The van der Waals surface area contributed by atoms with Crippen molar-refractivity contribution in [1.82, 2.24) is 20.4 Å². The first kappa shape index (κ1) is 23.5. The molecule has 0 radical (unpaired) electrons. The fourth-order valence-corrected chi connectivity index (χ4v) is 3.75. The van der Waals surface area contributed by atoms with Crippen LogP contribution in [0, 0.1) is 26.7 Å². The number of halogens is 1. The van der Waals surface area contributed by atoms with E-state index in [-0.39, 0.29) is 24.0 Å². The largest absolute Gasteiger partial charge is 0.369 e. The molecule has 3 rings (SSSR count). The van der Waals surface area contributed by atoms with E-state index in [2.05, 4.69) is 81.4 Å². The third-order valence-electron chi connectivity index (χ3n) is 5.36. The number of hydrogen-bond acceptors (Lipinski definition) is 3. The number of aliphatic imine (C=N–C) groups is 1. The summed E-state index contributed by atoms with van der Waals surface area (Å²) in [5.41, 5.74) is 4.90. The number of guanidine groups is 1. The number of rotatable bonds is 6. The molecule has 1 fully saturated rings. The molecular weight excluding hydrogens is 475 g/mol. The van der Waals surface area contributed by atoms with Crippen molar-refractivity contribution in [2.45, 2.75) is 46.7 Å². The Hall–Kier alpha value is -1.77. The van der Waals surface area contributed by atoms with Gasteiger partial charge in [-0.25, -0.2) is 0 Å². The quantitative estimate of drug-likeness (QED) is 0.355. The van der Waals surface area contributed by atoms with E-state index in [9.17, 15) is 0 Å². The minimum atomic E-state index is 0. The Kier molecular flexibility index (Phi) is 8.79. The maximum Gasteiger partial charge on any atom is 0.191 e. The molecule has 7 heteroatoms. The van der Waals surface area contributed by atoms with Crippen molar-refractivity contribution >= 4 is 35.6 Å². The Labute approximate surface area is 192 Å². The lowest BCUT2D eigenvalue weighted by molar-refractivity contribution is 0.435. The fraction of sp³-hybridized carbons (Fsp3) is 0.545. The Morgan fingerprint density at radius 1 is 1.24 bits per heavy atom. The number of benzene rings is 1. The summed E-state index contributed by atoms with van der Waals surface area (Å²) in [5, 5.41) is 11.6. The number of anilines is 1. The number of nitrogens with zero attached hydrogens (tertiary/aromatic N) is 4. The lowest BCUT2D eigenvalue weighted by atomic mass is 10.2. The molecular formula is C22H35IN6. The zero-order valence-electron chi connectivity index (χ0n) is 18.3. The highest BCUT2D eigenvalue weighted by Crippen LogP contribution is 2.20. The summed E-state index contributed by atoms with van der Waals surface area (Å²) >= 11 is 0. The van der Waals surface area contributed by atoms with E-state index in [0.29, 0.717) is 12.0 Å². The lowest BCUT2D eigenvalue weighted by Crippen LogP contribution is -2.46. The van der Waals surface area contributed by atoms with Crippen LogP contribution in [-0.2, 0) is 6.54 Å². The lowest BCUT2D eigenvalue weighted by Gasteiger charge is -2.21. The van der Waals surface area contributed by atoms with Gasteiger partial charge in [-0.15, -0.1) is 24.0 Å². The fourth-order valence-electron chi connectivity index (χ4n) is 3.75. The molecule has 6 nitrogen and oxygen atoms in total. The van der Waals surface area contributed by atoms with Gasteiger partial charge < -0.3 is 15.5 Å². The van der Waals surface area contributed by atoms with Gasteiger partial charge in [0.25, 0.3) is 0 Å². The summed E-state index contributed by atoms with van der Waals surface area (Å²) in [7, 11) is 1.84. The Balaban J connectivity index is 0.00000300. The molecule has 1 aliphatic rings. The number of nitrogens with one attached hydrogen (secondary N) is 2. The summed E-state index contributed by atoms with van der Waals surface area (Å²) in [5.74, 6) is 1.35. The third-order valence-corrected chi connectivity index (χ3v) is 5.36. The van der Waals surface area contributed by atoms with Gasteiger partial charge in [0.15, 0.2) is 5.96 Å². The van der Waals surface area contributed by atoms with Gasteiger partial charge >= 0.3 is 0 Å². The van der Waals surface area contributed by atoms with Crippen molar-refractivity contribution in [3.05, 3.63) is 47.3 Å². The molecule has 1 aromatic carbocycles. The first-order valence-corrected chi connectivity index (χ1v) is 10.2. The molecule has 1 aromatic heterocycles. The van der Waals surface area contributed by atoms with Crippen LogP contribution in [0.25, 0.3) is 0 Å². The molecule has 2 atom stereocenters. The van der Waals surface area contributed by atoms with Crippen molar-refractivity contribution < 1.29 is 0 Å². The van der Waals surface area contributed by atoms with Crippen LogP contribution < -0.4 is 15.5 Å². The molecule has 1 aliphatic heterocycles. The Morgan fingerprint density at radius 2 is 1.97 bits per heavy atom. The molecule has 1 saturated heterocycles. The van der Waals surface area contributed by atoms with Gasteiger partial charge in [0.05, 0.1) is 5.69 Å². The number of hydrogen-bond donors (Lipinski definition) is 2. The van der Waals surface area contributed by atoms with E-state index < -0.39 is 0 Å². The smallest absolute Gasteiger partial charge is 0.191 e. The zero-order valence-corrected chi connectivity index (χ0v) is 20.6. The summed E-state index contributed by atoms with van der Waals surface area (Å²) in [4.78, 5) is 6.86. The maximum absolute atomic E-state index is 4.56. The molecule has 160 valence electrons. The highest BCUT2D eigenvalue weighted by atomic mass is 127. The SMILES string of the molecule is CN=C(NCC(C)Cn1nc(C)cc1C)NC1CCN(c2ccc(C)cc2)C1.I. The van der Waals surface area contributed by atoms with Gasteiger partial charge in [-0.2, -0.15) is 5.10 Å². The van der Waals surface area contributed by atoms with Gasteiger partial charge in [0, 0.05) is 50.6 Å². The molecule has 0 amide bonds. The Bertz CT molecular complexity index is 798. The average Bonchev–Trinajstić information content (AvgIpc) is 3.25. The molecule has 2 N–H and O–H groups in total. The van der Waals surface area contributed by atoms with Crippen molar-refractivity contribution in [1.29, 1.82) is 0 Å². The van der Waals surface area contributed by atoms with Gasteiger partial charge in [-0.3, -0.25) is 9.67 Å². The van der Waals surface area contributed by atoms with Gasteiger partial charge in [-0.1, -0.05) is 24.6 Å². The first-order chi connectivity index (χ1) is 13.4. The second-order valence-corrected chi connectivity index (χ2v) is 8.08. The normalized spacial score (nSPS) is 17.8. The van der Waals surface area contributed by atoms with Gasteiger partial charge in [0.1, 0.15) is 0 Å². The average molecular weight is 510 g/mol. The van der Waals surface area contributed by atoms with Crippen LogP contribution in [-0.4, -0.2) is 48.5 Å². The molecule has 29 heavy (non-hydrogen) atoms. The first-order valence-electron chi connectivity index (χ1n) is 10.2. The molecule has 0 aliphatic carbocycles. The van der Waals surface area contributed by atoms with Crippen LogP contribution in [0.5, 0.6) is 0 Å². The summed E-state index contributed by atoms with van der Waals surface area (Å²) in [6, 6.07) is 11.3. The molecule has 2 unspecified atom stereocenters. The minimum Gasteiger partial charge on any atom is -0.369 e. The standard InChI is InChI=1S/C22H34N6.HI/c1-16-6-8-21(9-7-16)27-11-10-20(15-27)25-22(23-5)24-13-17(2)14-28-19(4)12-18(3)26-28;/h6-9,12,17,20H,10-11,13-15H2,1-5H3,(H2,23,24,25);1H. The van der Waals surface area contributed by atoms with Crippen molar-refractivity contribution in [3.8, 4) is 0 Å². The molecule has 2 aromatic rings. The van der Waals surface area contributed by atoms with Crippen LogP contribution in [0.1, 0.15) is 30.3 Å². The van der Waals surface area contributed by atoms with Gasteiger partial charge in [0.2, 0.25) is 0 Å². The van der Waals surface area contributed by atoms with Gasteiger partial charge in [-0.05, 0) is 51.3 Å². The monoisotopic (exact) mass is 510 g/mol. The second kappa shape index (κ2) is 10.8. The third kappa shape index (κ3) is 6.62. The molecule has 2 heterocycles.